The predicted octanol–water partition coefficient (Wildman–Crippen LogP) is 1.07. The molecule has 0 bridgehead atoms. The topological polar surface area (TPSA) is 184 Å². The lowest BCUT2D eigenvalue weighted by molar-refractivity contribution is -0.458. The lowest BCUT2D eigenvalue weighted by Crippen LogP contribution is -2.72. The number of rotatable bonds is 19. The zero-order valence-corrected chi connectivity index (χ0v) is 23.7. The van der Waals surface area contributed by atoms with Gasteiger partial charge in [0.15, 0.2) is 0 Å². The maximum Gasteiger partial charge on any atom is 0.234 e. The van der Waals surface area contributed by atoms with E-state index in [1.54, 1.807) is 0 Å². The molecule has 11 heteroatoms. The SMILES string of the molecule is CCCCCCCCCCCCCCCCN([C@]1(O)C[C@@H](O)[C@H](O)[C@@H](CO)O1)[C@]1(O)C[C@@H](O)[C@H](O)[C@@H](CO)O1. The number of ether oxygens (including phenoxy) is 2. The molecular formula is C28H55NO10. The highest BCUT2D eigenvalue weighted by Gasteiger charge is 2.58. The summed E-state index contributed by atoms with van der Waals surface area (Å²) in [4.78, 5) is 1.05. The summed E-state index contributed by atoms with van der Waals surface area (Å²) in [7, 11) is 0. The molecule has 0 aliphatic carbocycles. The first-order chi connectivity index (χ1) is 18.6. The van der Waals surface area contributed by atoms with Gasteiger partial charge < -0.3 is 50.3 Å². The van der Waals surface area contributed by atoms with Gasteiger partial charge in [0.1, 0.15) is 24.4 Å². The molecule has 0 aromatic heterocycles. The summed E-state index contributed by atoms with van der Waals surface area (Å²) in [5, 5.41) is 83.0. The second-order valence-electron chi connectivity index (χ2n) is 11.4. The molecule has 8 N–H and O–H groups in total. The molecular weight excluding hydrogens is 510 g/mol. The first-order valence-corrected chi connectivity index (χ1v) is 15.1. The largest absolute Gasteiger partial charge is 0.394 e. The van der Waals surface area contributed by atoms with Gasteiger partial charge in [-0.05, 0) is 6.42 Å². The molecule has 2 aliphatic heterocycles. The number of aliphatic hydroxyl groups excluding tert-OH is 6. The fourth-order valence-electron chi connectivity index (χ4n) is 5.73. The van der Waals surface area contributed by atoms with Crippen molar-refractivity contribution in [1.82, 2.24) is 4.90 Å². The Morgan fingerprint density at radius 2 is 0.923 bits per heavy atom. The van der Waals surface area contributed by atoms with E-state index in [0.717, 1.165) is 30.6 Å². The van der Waals surface area contributed by atoms with Crippen molar-refractivity contribution in [2.24, 2.45) is 0 Å². The van der Waals surface area contributed by atoms with Gasteiger partial charge in [-0.3, -0.25) is 0 Å². The molecule has 0 unspecified atom stereocenters. The Morgan fingerprint density at radius 1 is 0.590 bits per heavy atom. The molecule has 0 aromatic carbocycles. The molecule has 2 rings (SSSR count). The zero-order valence-electron chi connectivity index (χ0n) is 23.7. The number of hydrogen-bond acceptors (Lipinski definition) is 11. The minimum absolute atomic E-state index is 0.0347. The van der Waals surface area contributed by atoms with Crippen LogP contribution in [-0.4, -0.2) is 114 Å². The molecule has 0 radical (unpaired) electrons. The van der Waals surface area contributed by atoms with E-state index in [4.69, 9.17) is 9.47 Å². The predicted molar refractivity (Wildman–Crippen MR) is 144 cm³/mol. The molecule has 0 amide bonds. The molecule has 11 nitrogen and oxygen atoms in total. The standard InChI is InChI=1S/C28H55NO10/c1-2-3-4-5-6-7-8-9-10-11-12-13-14-15-16-29(27(36)17-21(32)25(34)23(19-30)38-27)28(37)18-22(33)26(35)24(20-31)39-28/h21-26,30-37H,2-20H2,1H3/t21-,22-,23-,24-,25+,26+,27+,28+/m1/s1. The molecule has 232 valence electrons. The van der Waals surface area contributed by atoms with Gasteiger partial charge in [0.05, 0.1) is 25.4 Å². The first-order valence-electron chi connectivity index (χ1n) is 15.1. The summed E-state index contributed by atoms with van der Waals surface area (Å²) in [6, 6.07) is 0. The monoisotopic (exact) mass is 565 g/mol. The summed E-state index contributed by atoms with van der Waals surface area (Å²) in [6.07, 6.45) is 6.60. The van der Waals surface area contributed by atoms with E-state index in [1.807, 2.05) is 0 Å². The van der Waals surface area contributed by atoms with Gasteiger partial charge in [0, 0.05) is 19.4 Å². The third-order valence-electron chi connectivity index (χ3n) is 8.12. The van der Waals surface area contributed by atoms with Crippen LogP contribution in [0.1, 0.15) is 110 Å². The molecule has 2 aliphatic rings. The van der Waals surface area contributed by atoms with Crippen molar-refractivity contribution < 1.29 is 50.3 Å². The molecule has 2 fully saturated rings. The van der Waals surface area contributed by atoms with Crippen LogP contribution < -0.4 is 0 Å². The van der Waals surface area contributed by atoms with Gasteiger partial charge in [0.2, 0.25) is 11.8 Å². The van der Waals surface area contributed by atoms with Crippen molar-refractivity contribution in [3.63, 3.8) is 0 Å². The smallest absolute Gasteiger partial charge is 0.234 e. The molecule has 2 saturated heterocycles. The maximum absolute atomic E-state index is 11.4. The van der Waals surface area contributed by atoms with Gasteiger partial charge in [-0.2, -0.15) is 4.90 Å². The Morgan fingerprint density at radius 3 is 1.26 bits per heavy atom. The Bertz CT molecular complexity index is 622. The van der Waals surface area contributed by atoms with Crippen molar-refractivity contribution in [2.45, 2.75) is 158 Å². The van der Waals surface area contributed by atoms with Crippen molar-refractivity contribution in [3.8, 4) is 0 Å². The van der Waals surface area contributed by atoms with E-state index >= 15 is 0 Å². The summed E-state index contributed by atoms with van der Waals surface area (Å²) in [6.45, 7) is 0.890. The fraction of sp³-hybridized carbons (Fsp3) is 1.00. The van der Waals surface area contributed by atoms with Crippen LogP contribution in [0, 0.1) is 0 Å². The lowest BCUT2D eigenvalue weighted by Gasteiger charge is -2.54. The Hall–Kier alpha value is -0.440. The summed E-state index contributed by atoms with van der Waals surface area (Å²) in [5.41, 5.74) is 0. The molecule has 0 aromatic rings. The van der Waals surface area contributed by atoms with E-state index < -0.39 is 74.5 Å². The Labute approximate surface area is 233 Å². The van der Waals surface area contributed by atoms with Crippen LogP contribution in [-0.2, 0) is 9.47 Å². The summed E-state index contributed by atoms with van der Waals surface area (Å²) in [5.74, 6) is -4.70. The van der Waals surface area contributed by atoms with Gasteiger partial charge in [-0.25, -0.2) is 0 Å². The number of aliphatic hydroxyl groups is 8. The van der Waals surface area contributed by atoms with Crippen LogP contribution in [0.15, 0.2) is 0 Å². The van der Waals surface area contributed by atoms with E-state index in [-0.39, 0.29) is 6.54 Å². The Balaban J connectivity index is 1.88. The fourth-order valence-corrected chi connectivity index (χ4v) is 5.73. The number of nitrogens with zero attached hydrogens (tertiary/aromatic N) is 1. The zero-order chi connectivity index (χ0) is 28.9. The van der Waals surface area contributed by atoms with Gasteiger partial charge in [-0.15, -0.1) is 0 Å². The van der Waals surface area contributed by atoms with Crippen molar-refractivity contribution in [2.75, 3.05) is 19.8 Å². The molecule has 2 heterocycles. The minimum atomic E-state index is -2.35. The third kappa shape index (κ3) is 10.4. The maximum atomic E-state index is 11.4. The van der Waals surface area contributed by atoms with Crippen molar-refractivity contribution in [1.29, 1.82) is 0 Å². The highest BCUT2D eigenvalue weighted by Crippen LogP contribution is 2.40. The van der Waals surface area contributed by atoms with Crippen LogP contribution in [0.4, 0.5) is 0 Å². The second kappa shape index (κ2) is 17.5. The highest BCUT2D eigenvalue weighted by atomic mass is 16.7. The van der Waals surface area contributed by atoms with Crippen LogP contribution in [0.3, 0.4) is 0 Å². The van der Waals surface area contributed by atoms with Crippen LogP contribution in [0.25, 0.3) is 0 Å². The van der Waals surface area contributed by atoms with Gasteiger partial charge >= 0.3 is 0 Å². The highest BCUT2D eigenvalue weighted by molar-refractivity contribution is 4.95. The van der Waals surface area contributed by atoms with Crippen LogP contribution in [0.2, 0.25) is 0 Å². The summed E-state index contributed by atoms with van der Waals surface area (Å²) < 4.78 is 11.1. The molecule has 39 heavy (non-hydrogen) atoms. The van der Waals surface area contributed by atoms with E-state index in [0.29, 0.717) is 6.42 Å². The second-order valence-corrected chi connectivity index (χ2v) is 11.4. The quantitative estimate of drug-likeness (QED) is 0.0828. The van der Waals surface area contributed by atoms with E-state index in [1.165, 1.54) is 57.8 Å². The van der Waals surface area contributed by atoms with Crippen LogP contribution in [0.5, 0.6) is 0 Å². The number of unbranched alkanes of at least 4 members (excludes halogenated alkanes) is 13. The normalized spacial score (nSPS) is 35.5. The molecule has 8 atom stereocenters. The van der Waals surface area contributed by atoms with Crippen LogP contribution >= 0.6 is 0 Å². The van der Waals surface area contributed by atoms with Gasteiger partial charge in [-0.1, -0.05) is 90.4 Å². The lowest BCUT2D eigenvalue weighted by atomic mass is 9.95. The third-order valence-corrected chi connectivity index (χ3v) is 8.12. The molecule has 0 spiro atoms. The first kappa shape index (κ1) is 34.8. The van der Waals surface area contributed by atoms with Crippen molar-refractivity contribution >= 4 is 0 Å². The molecule has 0 saturated carbocycles. The average Bonchev–Trinajstić information content (AvgIpc) is 2.90. The average molecular weight is 566 g/mol. The van der Waals surface area contributed by atoms with Crippen molar-refractivity contribution in [3.05, 3.63) is 0 Å². The van der Waals surface area contributed by atoms with E-state index in [9.17, 15) is 40.9 Å². The summed E-state index contributed by atoms with van der Waals surface area (Å²) >= 11 is 0. The van der Waals surface area contributed by atoms with Gasteiger partial charge in [0.25, 0.3) is 0 Å². The Kier molecular flexibility index (Phi) is 15.6. The minimum Gasteiger partial charge on any atom is -0.394 e. The number of hydrogen-bond donors (Lipinski definition) is 8. The van der Waals surface area contributed by atoms with E-state index in [2.05, 4.69) is 6.92 Å².